The summed E-state index contributed by atoms with van der Waals surface area (Å²) in [5.74, 6) is 0.342. The van der Waals surface area contributed by atoms with Crippen LogP contribution in [0.3, 0.4) is 0 Å². The van der Waals surface area contributed by atoms with Crippen molar-refractivity contribution in [2.75, 3.05) is 11.4 Å². The zero-order valence-corrected chi connectivity index (χ0v) is 19.9. The number of aliphatic hydroxyl groups excluding tert-OH is 1. The second-order valence-corrected chi connectivity index (χ2v) is 10.8. The molecule has 178 valence electrons. The van der Waals surface area contributed by atoms with Crippen LogP contribution in [0.1, 0.15) is 65.4 Å². The predicted molar refractivity (Wildman–Crippen MR) is 125 cm³/mol. The first-order chi connectivity index (χ1) is 14.8. The third kappa shape index (κ3) is 4.25. The Bertz CT molecular complexity index is 835. The van der Waals surface area contributed by atoms with Crippen LogP contribution in [0.5, 0.6) is 0 Å². The van der Waals surface area contributed by atoms with Gasteiger partial charge in [-0.25, -0.2) is 0 Å². The van der Waals surface area contributed by atoms with Gasteiger partial charge in [0.1, 0.15) is 6.23 Å². The molecule has 1 saturated carbocycles. The highest BCUT2D eigenvalue weighted by Crippen LogP contribution is 2.57. The van der Waals surface area contributed by atoms with Gasteiger partial charge in [-0.15, -0.1) is 6.58 Å². The van der Waals surface area contributed by atoms with Gasteiger partial charge in [-0.3, -0.25) is 0 Å². The molecule has 3 rings (SSSR count). The van der Waals surface area contributed by atoms with Crippen LogP contribution in [-0.2, 0) is 6.42 Å². The Morgan fingerprint density at radius 2 is 1.75 bits per heavy atom. The number of hydrogen-bond acceptors (Lipinski definition) is 2. The highest BCUT2D eigenvalue weighted by atomic mass is 19.4. The lowest BCUT2D eigenvalue weighted by molar-refractivity contribution is -0.236. The normalized spacial score (nSPS) is 31.4. The molecule has 1 spiro atoms. The van der Waals surface area contributed by atoms with Crippen LogP contribution in [0.15, 0.2) is 49.1 Å². The lowest BCUT2D eigenvalue weighted by atomic mass is 9.63. The molecule has 3 atom stereocenters. The summed E-state index contributed by atoms with van der Waals surface area (Å²) in [6.45, 7) is 16.5. The van der Waals surface area contributed by atoms with Gasteiger partial charge in [0, 0.05) is 23.1 Å². The first-order valence-corrected chi connectivity index (χ1v) is 11.7. The summed E-state index contributed by atoms with van der Waals surface area (Å²) in [7, 11) is 0. The first-order valence-electron chi connectivity index (χ1n) is 11.7. The number of alkyl halides is 3. The molecule has 2 aliphatic rings. The van der Waals surface area contributed by atoms with Crippen LogP contribution in [-0.4, -0.2) is 24.1 Å². The number of halogens is 3. The minimum Gasteiger partial charge on any atom is -0.373 e. The van der Waals surface area contributed by atoms with Crippen LogP contribution < -0.4 is 4.90 Å². The third-order valence-electron chi connectivity index (χ3n) is 8.90. The maximum absolute atomic E-state index is 13.4. The standard InChI is InChI=1S/C27H38F3NO/c1-7-25(6,19(2)3)20(4)18-21-8-10-22(11-9-21)31-17-16-26(23(31)32)14-12-24(5,13-15-26)27(28,29)30/h7-11,20,23,32H,1-2,12-18H2,3-6H3. The number of aliphatic hydroxyl groups is 1. The predicted octanol–water partition coefficient (Wildman–Crippen LogP) is 7.29. The maximum atomic E-state index is 13.4. The maximum Gasteiger partial charge on any atom is 0.394 e. The summed E-state index contributed by atoms with van der Waals surface area (Å²) >= 11 is 0. The second-order valence-electron chi connectivity index (χ2n) is 10.8. The van der Waals surface area contributed by atoms with Crippen molar-refractivity contribution in [1.29, 1.82) is 0 Å². The van der Waals surface area contributed by atoms with Gasteiger partial charge in [-0.1, -0.05) is 51.1 Å². The molecule has 1 aromatic rings. The van der Waals surface area contributed by atoms with Crippen molar-refractivity contribution in [3.8, 4) is 0 Å². The molecule has 1 aromatic carbocycles. The second kappa shape index (κ2) is 8.55. The van der Waals surface area contributed by atoms with E-state index in [9.17, 15) is 18.3 Å². The van der Waals surface area contributed by atoms with Crippen molar-refractivity contribution < 1.29 is 18.3 Å². The molecule has 1 saturated heterocycles. The van der Waals surface area contributed by atoms with Crippen LogP contribution in [0.2, 0.25) is 0 Å². The molecule has 0 bridgehead atoms. The minimum absolute atomic E-state index is 0.0863. The summed E-state index contributed by atoms with van der Waals surface area (Å²) in [6, 6.07) is 8.23. The average molecular weight is 450 g/mol. The van der Waals surface area contributed by atoms with E-state index in [4.69, 9.17) is 0 Å². The number of anilines is 1. The van der Waals surface area contributed by atoms with Crippen LogP contribution >= 0.6 is 0 Å². The van der Waals surface area contributed by atoms with Gasteiger partial charge < -0.3 is 10.0 Å². The topological polar surface area (TPSA) is 23.5 Å². The Morgan fingerprint density at radius 1 is 1.19 bits per heavy atom. The van der Waals surface area contributed by atoms with Gasteiger partial charge >= 0.3 is 6.18 Å². The number of nitrogens with zero attached hydrogens (tertiary/aromatic N) is 1. The molecule has 1 aliphatic carbocycles. The fraction of sp³-hybridized carbons (Fsp3) is 0.630. The largest absolute Gasteiger partial charge is 0.394 e. The van der Waals surface area contributed by atoms with Crippen LogP contribution in [0.25, 0.3) is 0 Å². The zero-order chi connectivity index (χ0) is 23.9. The Morgan fingerprint density at radius 3 is 2.22 bits per heavy atom. The van der Waals surface area contributed by atoms with E-state index in [1.165, 1.54) is 12.5 Å². The molecular weight excluding hydrogens is 411 g/mol. The summed E-state index contributed by atoms with van der Waals surface area (Å²) in [4.78, 5) is 1.96. The smallest absolute Gasteiger partial charge is 0.373 e. The van der Waals surface area contributed by atoms with E-state index in [1.54, 1.807) is 0 Å². The van der Waals surface area contributed by atoms with E-state index in [0.29, 0.717) is 25.3 Å². The van der Waals surface area contributed by atoms with E-state index in [0.717, 1.165) is 24.1 Å². The highest BCUT2D eigenvalue weighted by Gasteiger charge is 2.58. The van der Waals surface area contributed by atoms with Crippen LogP contribution in [0.4, 0.5) is 18.9 Å². The molecule has 2 fully saturated rings. The molecule has 1 N–H and O–H groups in total. The summed E-state index contributed by atoms with van der Waals surface area (Å²) in [5, 5.41) is 11.1. The van der Waals surface area contributed by atoms with E-state index >= 15 is 0 Å². The molecule has 5 heteroatoms. The SMILES string of the molecule is C=CC(C)(C(=C)C)C(C)Cc1ccc(N2CCC3(CCC(C)(C(F)(F)F)CC3)C2O)cc1. The molecule has 32 heavy (non-hydrogen) atoms. The van der Waals surface area contributed by atoms with E-state index < -0.39 is 23.2 Å². The summed E-state index contributed by atoms with van der Waals surface area (Å²) in [6.07, 6.45) is -0.327. The van der Waals surface area contributed by atoms with Crippen molar-refractivity contribution in [1.82, 2.24) is 0 Å². The lowest BCUT2D eigenvalue weighted by Gasteiger charge is -2.45. The fourth-order valence-corrected chi connectivity index (χ4v) is 5.47. The van der Waals surface area contributed by atoms with Crippen molar-refractivity contribution in [2.45, 2.75) is 78.6 Å². The summed E-state index contributed by atoms with van der Waals surface area (Å²) in [5.41, 5.74) is 1.02. The number of hydrogen-bond donors (Lipinski definition) is 1. The molecular formula is C27H38F3NO. The van der Waals surface area contributed by atoms with Crippen molar-refractivity contribution in [3.05, 3.63) is 54.6 Å². The first kappa shape index (κ1) is 24.9. The van der Waals surface area contributed by atoms with E-state index in [2.05, 4.69) is 39.1 Å². The van der Waals surface area contributed by atoms with E-state index in [-0.39, 0.29) is 18.3 Å². The molecule has 2 nitrogen and oxygen atoms in total. The van der Waals surface area contributed by atoms with Gasteiger partial charge in [0.15, 0.2) is 0 Å². The quantitative estimate of drug-likeness (QED) is 0.461. The monoisotopic (exact) mass is 449 g/mol. The zero-order valence-electron chi connectivity index (χ0n) is 19.9. The molecule has 1 aliphatic heterocycles. The highest BCUT2D eigenvalue weighted by molar-refractivity contribution is 5.50. The van der Waals surface area contributed by atoms with Gasteiger partial charge in [-0.05, 0) is 69.1 Å². The number of rotatable bonds is 6. The molecule has 3 unspecified atom stereocenters. The molecule has 0 radical (unpaired) electrons. The van der Waals surface area contributed by atoms with Crippen molar-refractivity contribution in [3.63, 3.8) is 0 Å². The molecule has 0 aromatic heterocycles. The lowest BCUT2D eigenvalue weighted by Crippen LogP contribution is -2.47. The Hall–Kier alpha value is -1.75. The van der Waals surface area contributed by atoms with Gasteiger partial charge in [0.2, 0.25) is 0 Å². The molecule has 0 amide bonds. The Kier molecular flexibility index (Phi) is 6.65. The van der Waals surface area contributed by atoms with Gasteiger partial charge in [0.25, 0.3) is 0 Å². The van der Waals surface area contributed by atoms with E-state index in [1.807, 2.05) is 30.0 Å². The average Bonchev–Trinajstić information content (AvgIpc) is 3.05. The van der Waals surface area contributed by atoms with Gasteiger partial charge in [-0.2, -0.15) is 13.2 Å². The summed E-state index contributed by atoms with van der Waals surface area (Å²) < 4.78 is 40.3. The van der Waals surface area contributed by atoms with Gasteiger partial charge in [0.05, 0.1) is 5.41 Å². The number of benzene rings is 1. The minimum atomic E-state index is -4.18. The molecule has 1 heterocycles. The Labute approximate surface area is 191 Å². The Balaban J connectivity index is 1.68. The third-order valence-corrected chi connectivity index (χ3v) is 8.90. The fourth-order valence-electron chi connectivity index (χ4n) is 5.47. The van der Waals surface area contributed by atoms with Crippen molar-refractivity contribution >= 4 is 5.69 Å². The number of allylic oxidation sites excluding steroid dienone is 2. The van der Waals surface area contributed by atoms with Crippen molar-refractivity contribution in [2.24, 2.45) is 22.2 Å². The van der Waals surface area contributed by atoms with Crippen LogP contribution in [0, 0.1) is 22.2 Å².